The summed E-state index contributed by atoms with van der Waals surface area (Å²) in [6.07, 6.45) is -0.590. The maximum Gasteiger partial charge on any atom is 0.429 e. The van der Waals surface area contributed by atoms with E-state index in [-0.39, 0.29) is 18.5 Å². The van der Waals surface area contributed by atoms with Gasteiger partial charge in [-0.25, -0.2) is 0 Å². The van der Waals surface area contributed by atoms with Crippen LogP contribution < -0.4 is 0 Å². The number of hydrogen-bond acceptors (Lipinski definition) is 3. The van der Waals surface area contributed by atoms with Gasteiger partial charge in [-0.1, -0.05) is 29.3 Å². The Balaban J connectivity index is 2.19. The first kappa shape index (κ1) is 17.0. The Morgan fingerprint density at radius 2 is 1.77 bits per heavy atom. The van der Waals surface area contributed by atoms with Crippen molar-refractivity contribution < 1.29 is 18.0 Å². The van der Waals surface area contributed by atoms with Crippen molar-refractivity contribution in [2.24, 2.45) is 4.99 Å². The van der Waals surface area contributed by atoms with Crippen LogP contribution in [0.3, 0.4) is 0 Å². The van der Waals surface area contributed by atoms with Crippen molar-refractivity contribution in [1.29, 1.82) is 0 Å². The van der Waals surface area contributed by atoms with Crippen molar-refractivity contribution in [3.8, 4) is 0 Å². The molecular weight excluding hydrogens is 340 g/mol. The zero-order valence-electron chi connectivity index (χ0n) is 11.3. The minimum Gasteiger partial charge on any atom is -0.299 e. The maximum absolute atomic E-state index is 12.8. The molecule has 2 rings (SSSR count). The Morgan fingerprint density at radius 1 is 1.14 bits per heavy atom. The maximum atomic E-state index is 12.8. The van der Waals surface area contributed by atoms with Crippen LogP contribution in [-0.2, 0) is 11.2 Å². The second kappa shape index (κ2) is 6.79. The second-order valence-electron chi connectivity index (χ2n) is 4.75. The molecule has 8 heteroatoms. The lowest BCUT2D eigenvalue weighted by Gasteiger charge is -2.10. The van der Waals surface area contributed by atoms with Gasteiger partial charge in [-0.3, -0.25) is 14.8 Å². The van der Waals surface area contributed by atoms with Gasteiger partial charge in [0.05, 0.1) is 16.5 Å². The molecule has 0 radical (unpaired) electrons. The molecule has 0 aliphatic carbocycles. The van der Waals surface area contributed by atoms with E-state index >= 15 is 0 Å². The number of halogens is 5. The van der Waals surface area contributed by atoms with Gasteiger partial charge < -0.3 is 0 Å². The number of carbonyl (C=O) groups is 1. The molecule has 1 aliphatic rings. The van der Waals surface area contributed by atoms with Crippen LogP contribution in [0.1, 0.15) is 24.8 Å². The number of alkyl halides is 3. The van der Waals surface area contributed by atoms with Crippen molar-refractivity contribution in [1.82, 2.24) is 4.98 Å². The molecule has 0 saturated heterocycles. The molecule has 1 aromatic heterocycles. The van der Waals surface area contributed by atoms with E-state index in [1.807, 2.05) is 0 Å². The molecule has 118 valence electrons. The Morgan fingerprint density at radius 3 is 2.36 bits per heavy atom. The fourth-order valence-electron chi connectivity index (χ4n) is 2.00. The summed E-state index contributed by atoms with van der Waals surface area (Å²) in [4.78, 5) is 18.8. The number of Topliss-reactive ketones (excluding diaryl/α,β-unsaturated/α-hetero) is 1. The summed E-state index contributed by atoms with van der Waals surface area (Å²) in [5.74, 6) is -0.508. The summed E-state index contributed by atoms with van der Waals surface area (Å²) in [5, 5.41) is 0.690. The molecule has 0 atom stereocenters. The molecule has 0 saturated carbocycles. The third-order valence-electron chi connectivity index (χ3n) is 3.12. The van der Waals surface area contributed by atoms with Gasteiger partial charge in [-0.2, -0.15) is 13.2 Å². The zero-order chi connectivity index (χ0) is 16.3. The number of nitrogens with zero attached hydrogens (tertiary/aromatic N) is 2. The van der Waals surface area contributed by atoms with E-state index in [4.69, 9.17) is 23.2 Å². The van der Waals surface area contributed by atoms with Crippen LogP contribution in [0.4, 0.5) is 13.2 Å². The van der Waals surface area contributed by atoms with Crippen molar-refractivity contribution in [2.45, 2.75) is 31.9 Å². The van der Waals surface area contributed by atoms with Crippen LogP contribution >= 0.6 is 23.2 Å². The Kier molecular flexibility index (Phi) is 5.24. The van der Waals surface area contributed by atoms with Crippen molar-refractivity contribution >= 4 is 34.7 Å². The van der Waals surface area contributed by atoms with Gasteiger partial charge in [0.15, 0.2) is 0 Å². The average Bonchev–Trinajstić information content (AvgIpc) is 2.60. The van der Waals surface area contributed by atoms with Crippen LogP contribution in [0.5, 0.6) is 0 Å². The SMILES string of the molecule is O=C1CC=C(CCc2c(Cl)cncc2Cl)N=C(C(F)(F)F)C1. The average molecular weight is 351 g/mol. The molecule has 0 bridgehead atoms. The highest BCUT2D eigenvalue weighted by molar-refractivity contribution is 6.35. The van der Waals surface area contributed by atoms with Crippen molar-refractivity contribution in [2.75, 3.05) is 0 Å². The van der Waals surface area contributed by atoms with Gasteiger partial charge in [0.25, 0.3) is 0 Å². The highest BCUT2D eigenvalue weighted by atomic mass is 35.5. The molecule has 0 spiro atoms. The lowest BCUT2D eigenvalue weighted by molar-refractivity contribution is -0.118. The van der Waals surface area contributed by atoms with Gasteiger partial charge in [-0.05, 0) is 18.4 Å². The molecule has 0 aromatic carbocycles. The van der Waals surface area contributed by atoms with E-state index in [1.54, 1.807) is 0 Å². The van der Waals surface area contributed by atoms with E-state index in [1.165, 1.54) is 18.5 Å². The van der Waals surface area contributed by atoms with Gasteiger partial charge in [0.1, 0.15) is 11.5 Å². The molecule has 0 N–H and O–H groups in total. The fourth-order valence-corrected chi connectivity index (χ4v) is 2.55. The Hall–Kier alpha value is -1.40. The minimum absolute atomic E-state index is 0.0593. The number of allylic oxidation sites excluding steroid dienone is 2. The van der Waals surface area contributed by atoms with Crippen LogP contribution in [0.25, 0.3) is 0 Å². The lowest BCUT2D eigenvalue weighted by Crippen LogP contribution is -2.25. The van der Waals surface area contributed by atoms with Crippen LogP contribution in [0.15, 0.2) is 29.2 Å². The Labute approximate surface area is 134 Å². The highest BCUT2D eigenvalue weighted by Crippen LogP contribution is 2.28. The molecule has 1 aromatic rings. The third-order valence-corrected chi connectivity index (χ3v) is 3.77. The molecular formula is C14H11Cl2F3N2O. The summed E-state index contributed by atoms with van der Waals surface area (Å²) >= 11 is 11.9. The van der Waals surface area contributed by atoms with E-state index in [0.717, 1.165) is 0 Å². The van der Waals surface area contributed by atoms with Crippen LogP contribution in [0, 0.1) is 0 Å². The van der Waals surface area contributed by atoms with E-state index in [9.17, 15) is 18.0 Å². The highest BCUT2D eigenvalue weighted by Gasteiger charge is 2.37. The molecule has 3 nitrogen and oxygen atoms in total. The first-order valence-corrected chi connectivity index (χ1v) is 7.16. The van der Waals surface area contributed by atoms with Gasteiger partial charge >= 0.3 is 6.18 Å². The number of aliphatic imine (C=N–C) groups is 1. The number of rotatable bonds is 3. The minimum atomic E-state index is -4.61. The summed E-state index contributed by atoms with van der Waals surface area (Å²) in [6.45, 7) is 0. The number of aromatic nitrogens is 1. The van der Waals surface area contributed by atoms with Gasteiger partial charge in [0, 0.05) is 24.5 Å². The predicted molar refractivity (Wildman–Crippen MR) is 78.4 cm³/mol. The van der Waals surface area contributed by atoms with Crippen LogP contribution in [-0.4, -0.2) is 22.7 Å². The molecule has 1 aliphatic heterocycles. The summed E-state index contributed by atoms with van der Waals surface area (Å²) in [7, 11) is 0. The summed E-state index contributed by atoms with van der Waals surface area (Å²) in [6, 6.07) is 0. The van der Waals surface area contributed by atoms with E-state index in [0.29, 0.717) is 22.0 Å². The van der Waals surface area contributed by atoms with Gasteiger partial charge in [-0.15, -0.1) is 0 Å². The van der Waals surface area contributed by atoms with Crippen molar-refractivity contribution in [3.05, 3.63) is 39.8 Å². The standard InChI is InChI=1S/C14H11Cl2F3N2O/c15-11-6-20-7-12(16)10(11)4-2-8-1-3-9(22)5-13(21-8)14(17,18)19/h1,6-7H,2-5H2. The lowest BCUT2D eigenvalue weighted by atomic mass is 10.1. The predicted octanol–water partition coefficient (Wildman–Crippen LogP) is 4.57. The largest absolute Gasteiger partial charge is 0.429 e. The Bertz CT molecular complexity index is 634. The van der Waals surface area contributed by atoms with Crippen molar-refractivity contribution in [3.63, 3.8) is 0 Å². The first-order valence-electron chi connectivity index (χ1n) is 6.40. The zero-order valence-corrected chi connectivity index (χ0v) is 12.8. The van der Waals surface area contributed by atoms with E-state index < -0.39 is 24.1 Å². The molecule has 2 heterocycles. The normalized spacial score (nSPS) is 16.1. The van der Waals surface area contributed by atoms with Crippen LogP contribution in [0.2, 0.25) is 10.0 Å². The molecule has 22 heavy (non-hydrogen) atoms. The first-order chi connectivity index (χ1) is 10.3. The van der Waals surface area contributed by atoms with Gasteiger partial charge in [0.2, 0.25) is 0 Å². The number of ketones is 1. The smallest absolute Gasteiger partial charge is 0.299 e. The monoisotopic (exact) mass is 350 g/mol. The third kappa shape index (κ3) is 4.30. The number of pyridine rings is 1. The summed E-state index contributed by atoms with van der Waals surface area (Å²) in [5.41, 5.74) is -0.256. The topological polar surface area (TPSA) is 42.3 Å². The summed E-state index contributed by atoms with van der Waals surface area (Å²) < 4.78 is 38.4. The quantitative estimate of drug-likeness (QED) is 0.801. The number of carbonyl (C=O) groups excluding carboxylic acids is 1. The molecule has 0 unspecified atom stereocenters. The fraction of sp³-hybridized carbons (Fsp3) is 0.357. The van der Waals surface area contributed by atoms with E-state index in [2.05, 4.69) is 9.98 Å². The molecule has 0 amide bonds. The number of hydrogen-bond donors (Lipinski definition) is 0. The second-order valence-corrected chi connectivity index (χ2v) is 5.57. The molecule has 0 fully saturated rings.